The second kappa shape index (κ2) is 8.05. The van der Waals surface area contributed by atoms with E-state index in [1.54, 1.807) is 29.7 Å². The average molecular weight is 348 g/mol. The van der Waals surface area contributed by atoms with Crippen LogP contribution in [0, 0.1) is 0 Å². The van der Waals surface area contributed by atoms with Crippen LogP contribution in [0.2, 0.25) is 0 Å². The third-order valence-corrected chi connectivity index (χ3v) is 4.97. The molecule has 0 fully saturated rings. The number of nitrogens with one attached hydrogen (secondary N) is 2. The fraction of sp³-hybridized carbons (Fsp3) is 0.235. The van der Waals surface area contributed by atoms with Crippen molar-refractivity contribution in [1.29, 1.82) is 0 Å². The van der Waals surface area contributed by atoms with E-state index in [4.69, 9.17) is 5.21 Å². The standard InChI is InChI=1S/C17H20N2O4S/c1-2-3-13-6-10-16(11-7-13)24(22,23)18-12-14-4-8-15(9-5-14)17(20)19-21/h4-11,18,21H,2-3,12H2,1H3,(H,19,20). The molecule has 0 aromatic heterocycles. The van der Waals surface area contributed by atoms with Crippen molar-refractivity contribution in [3.8, 4) is 0 Å². The molecule has 0 saturated carbocycles. The van der Waals surface area contributed by atoms with Crippen LogP contribution in [-0.2, 0) is 23.0 Å². The van der Waals surface area contributed by atoms with Gasteiger partial charge in [-0.1, -0.05) is 37.6 Å². The number of hydroxylamine groups is 1. The molecule has 3 N–H and O–H groups in total. The molecular weight excluding hydrogens is 328 g/mol. The van der Waals surface area contributed by atoms with E-state index in [0.29, 0.717) is 5.56 Å². The second-order valence-electron chi connectivity index (χ2n) is 5.36. The summed E-state index contributed by atoms with van der Waals surface area (Å²) >= 11 is 0. The summed E-state index contributed by atoms with van der Waals surface area (Å²) in [5.74, 6) is -0.616. The number of hydrogen-bond acceptors (Lipinski definition) is 4. The molecule has 0 aliphatic heterocycles. The molecule has 0 aliphatic rings. The van der Waals surface area contributed by atoms with Gasteiger partial charge >= 0.3 is 0 Å². The van der Waals surface area contributed by atoms with E-state index in [1.165, 1.54) is 12.1 Å². The van der Waals surface area contributed by atoms with Gasteiger partial charge in [-0.3, -0.25) is 10.0 Å². The molecule has 0 saturated heterocycles. The van der Waals surface area contributed by atoms with Crippen LogP contribution in [0.1, 0.15) is 34.8 Å². The lowest BCUT2D eigenvalue weighted by atomic mass is 10.1. The monoisotopic (exact) mass is 348 g/mol. The van der Waals surface area contributed by atoms with E-state index in [0.717, 1.165) is 18.4 Å². The van der Waals surface area contributed by atoms with Crippen LogP contribution in [0.5, 0.6) is 0 Å². The Morgan fingerprint density at radius 3 is 2.12 bits per heavy atom. The van der Waals surface area contributed by atoms with Gasteiger partial charge in [0.2, 0.25) is 10.0 Å². The number of rotatable bonds is 7. The normalized spacial score (nSPS) is 11.2. The highest BCUT2D eigenvalue weighted by Gasteiger charge is 2.13. The van der Waals surface area contributed by atoms with Gasteiger partial charge in [0, 0.05) is 12.1 Å². The number of aryl methyl sites for hydroxylation is 1. The predicted molar refractivity (Wildman–Crippen MR) is 90.2 cm³/mol. The lowest BCUT2D eigenvalue weighted by molar-refractivity contribution is 0.0706. The summed E-state index contributed by atoms with van der Waals surface area (Å²) in [6.45, 7) is 2.18. The molecular formula is C17H20N2O4S. The van der Waals surface area contributed by atoms with Gasteiger partial charge in [-0.15, -0.1) is 0 Å². The molecule has 0 aliphatic carbocycles. The van der Waals surface area contributed by atoms with Crippen molar-refractivity contribution in [3.05, 3.63) is 65.2 Å². The minimum absolute atomic E-state index is 0.111. The summed E-state index contributed by atoms with van der Waals surface area (Å²) < 4.78 is 27.1. The molecule has 2 aromatic carbocycles. The number of carbonyl (C=O) groups is 1. The Hall–Kier alpha value is -2.22. The summed E-state index contributed by atoms with van der Waals surface area (Å²) in [5, 5.41) is 8.56. The molecule has 6 nitrogen and oxygen atoms in total. The van der Waals surface area contributed by atoms with Crippen LogP contribution in [0.15, 0.2) is 53.4 Å². The highest BCUT2D eigenvalue weighted by molar-refractivity contribution is 7.89. The summed E-state index contributed by atoms with van der Waals surface area (Å²) in [6, 6.07) is 13.1. The highest BCUT2D eigenvalue weighted by Crippen LogP contribution is 2.13. The number of sulfonamides is 1. The van der Waals surface area contributed by atoms with E-state index in [1.807, 2.05) is 12.1 Å². The number of carbonyl (C=O) groups excluding carboxylic acids is 1. The van der Waals surface area contributed by atoms with Crippen molar-refractivity contribution in [2.45, 2.75) is 31.2 Å². The van der Waals surface area contributed by atoms with Gasteiger partial charge in [0.1, 0.15) is 0 Å². The summed E-state index contributed by atoms with van der Waals surface area (Å²) in [7, 11) is -3.59. The van der Waals surface area contributed by atoms with E-state index in [-0.39, 0.29) is 17.0 Å². The Labute approximate surface area is 141 Å². The zero-order valence-electron chi connectivity index (χ0n) is 13.3. The lowest BCUT2D eigenvalue weighted by Gasteiger charge is -2.08. The van der Waals surface area contributed by atoms with Crippen molar-refractivity contribution in [3.63, 3.8) is 0 Å². The fourth-order valence-corrected chi connectivity index (χ4v) is 3.24. The minimum atomic E-state index is -3.59. The van der Waals surface area contributed by atoms with Crippen LogP contribution < -0.4 is 10.2 Å². The van der Waals surface area contributed by atoms with Gasteiger partial charge in [-0.25, -0.2) is 18.6 Å². The zero-order chi connectivity index (χ0) is 17.6. The molecule has 0 spiro atoms. The van der Waals surface area contributed by atoms with E-state index < -0.39 is 15.9 Å². The van der Waals surface area contributed by atoms with E-state index >= 15 is 0 Å². The first-order valence-corrected chi connectivity index (χ1v) is 9.06. The smallest absolute Gasteiger partial charge is 0.274 e. The van der Waals surface area contributed by atoms with Crippen molar-refractivity contribution >= 4 is 15.9 Å². The third kappa shape index (κ3) is 4.64. The second-order valence-corrected chi connectivity index (χ2v) is 7.12. The maximum atomic E-state index is 12.3. The quantitative estimate of drug-likeness (QED) is 0.528. The van der Waals surface area contributed by atoms with Gasteiger partial charge < -0.3 is 0 Å². The molecule has 7 heteroatoms. The van der Waals surface area contributed by atoms with Crippen molar-refractivity contribution in [2.75, 3.05) is 0 Å². The summed E-state index contributed by atoms with van der Waals surface area (Å²) in [5.41, 5.74) is 3.64. The van der Waals surface area contributed by atoms with Gasteiger partial charge in [0.05, 0.1) is 4.90 Å². The van der Waals surface area contributed by atoms with Gasteiger partial charge in [-0.2, -0.15) is 0 Å². The molecule has 128 valence electrons. The zero-order valence-corrected chi connectivity index (χ0v) is 14.1. The van der Waals surface area contributed by atoms with Crippen LogP contribution in [0.3, 0.4) is 0 Å². The Morgan fingerprint density at radius 2 is 1.58 bits per heavy atom. The Morgan fingerprint density at radius 1 is 1.00 bits per heavy atom. The molecule has 24 heavy (non-hydrogen) atoms. The summed E-state index contributed by atoms with van der Waals surface area (Å²) in [6.07, 6.45) is 1.93. The van der Waals surface area contributed by atoms with Crippen LogP contribution >= 0.6 is 0 Å². The van der Waals surface area contributed by atoms with Crippen LogP contribution in [0.25, 0.3) is 0 Å². The Balaban J connectivity index is 2.03. The topological polar surface area (TPSA) is 95.5 Å². The largest absolute Gasteiger partial charge is 0.288 e. The van der Waals surface area contributed by atoms with E-state index in [9.17, 15) is 13.2 Å². The third-order valence-electron chi connectivity index (χ3n) is 3.56. The van der Waals surface area contributed by atoms with Crippen molar-refractivity contribution in [2.24, 2.45) is 0 Å². The van der Waals surface area contributed by atoms with E-state index in [2.05, 4.69) is 11.6 Å². The van der Waals surface area contributed by atoms with Crippen molar-refractivity contribution in [1.82, 2.24) is 10.2 Å². The SMILES string of the molecule is CCCc1ccc(S(=O)(=O)NCc2ccc(C(=O)NO)cc2)cc1. The average Bonchev–Trinajstić information content (AvgIpc) is 2.60. The fourth-order valence-electron chi connectivity index (χ4n) is 2.22. The van der Waals surface area contributed by atoms with Gasteiger partial charge in [0.25, 0.3) is 5.91 Å². The maximum Gasteiger partial charge on any atom is 0.274 e. The minimum Gasteiger partial charge on any atom is -0.288 e. The maximum absolute atomic E-state index is 12.3. The van der Waals surface area contributed by atoms with Gasteiger partial charge in [0.15, 0.2) is 0 Å². The van der Waals surface area contributed by atoms with Crippen LogP contribution in [-0.4, -0.2) is 19.5 Å². The molecule has 0 atom stereocenters. The number of amides is 1. The first-order valence-electron chi connectivity index (χ1n) is 7.58. The van der Waals surface area contributed by atoms with Gasteiger partial charge in [-0.05, 0) is 41.8 Å². The molecule has 1 amide bonds. The molecule has 0 radical (unpaired) electrons. The molecule has 2 aromatic rings. The van der Waals surface area contributed by atoms with Crippen LogP contribution in [0.4, 0.5) is 0 Å². The predicted octanol–water partition coefficient (Wildman–Crippen LogP) is 2.24. The first kappa shape index (κ1) is 18.1. The number of hydrogen-bond donors (Lipinski definition) is 3. The lowest BCUT2D eigenvalue weighted by Crippen LogP contribution is -2.23. The highest BCUT2D eigenvalue weighted by atomic mass is 32.2. The first-order chi connectivity index (χ1) is 11.5. The molecule has 0 bridgehead atoms. The number of benzene rings is 2. The molecule has 0 unspecified atom stereocenters. The molecule has 2 rings (SSSR count). The Kier molecular flexibility index (Phi) is 6.08. The molecule has 0 heterocycles. The van der Waals surface area contributed by atoms with Crippen molar-refractivity contribution < 1.29 is 18.4 Å². The summed E-state index contributed by atoms with van der Waals surface area (Å²) in [4.78, 5) is 11.4. The Bertz CT molecular complexity index is 784.